The number of halogens is 2. The van der Waals surface area contributed by atoms with Crippen molar-refractivity contribution in [1.82, 2.24) is 0 Å². The summed E-state index contributed by atoms with van der Waals surface area (Å²) in [7, 11) is 0. The molecule has 0 saturated heterocycles. The molecule has 0 saturated carbocycles. The largest absolute Gasteiger partial charge is 0.389 e. The lowest BCUT2D eigenvalue weighted by molar-refractivity contribution is 0.0945. The van der Waals surface area contributed by atoms with Gasteiger partial charge in [-0.1, -0.05) is 0 Å². The molecule has 0 radical (unpaired) electrons. The highest BCUT2D eigenvalue weighted by molar-refractivity contribution is 9.10. The number of nitrogens with one attached hydrogen (secondary N) is 1. The van der Waals surface area contributed by atoms with E-state index in [0.29, 0.717) is 16.7 Å². The Morgan fingerprint density at radius 3 is 2.60 bits per heavy atom. The topological polar surface area (TPSA) is 32.3 Å². The van der Waals surface area contributed by atoms with Gasteiger partial charge in [0.25, 0.3) is 0 Å². The highest BCUT2D eigenvalue weighted by atomic mass is 79.9. The Hall–Kier alpha value is -0.610. The van der Waals surface area contributed by atoms with E-state index in [1.165, 1.54) is 6.07 Å². The molecule has 2 N–H and O–H groups in total. The van der Waals surface area contributed by atoms with Crippen LogP contribution in [0, 0.1) is 12.7 Å². The molecule has 1 rings (SSSR count). The Labute approximate surface area is 97.6 Å². The van der Waals surface area contributed by atoms with Crippen LogP contribution in [0.2, 0.25) is 0 Å². The number of hydrogen-bond donors (Lipinski definition) is 2. The van der Waals surface area contributed by atoms with Gasteiger partial charge >= 0.3 is 0 Å². The molecule has 0 spiro atoms. The summed E-state index contributed by atoms with van der Waals surface area (Å²) < 4.78 is 13.7. The highest BCUT2D eigenvalue weighted by Gasteiger charge is 2.13. The van der Waals surface area contributed by atoms with Gasteiger partial charge in [-0.15, -0.1) is 0 Å². The van der Waals surface area contributed by atoms with Crippen LogP contribution < -0.4 is 5.32 Å². The van der Waals surface area contributed by atoms with Gasteiger partial charge in [0.15, 0.2) is 0 Å². The highest BCUT2D eigenvalue weighted by Crippen LogP contribution is 2.24. The van der Waals surface area contributed by atoms with Gasteiger partial charge in [0.1, 0.15) is 5.82 Å². The van der Waals surface area contributed by atoms with Crippen molar-refractivity contribution in [1.29, 1.82) is 0 Å². The molecule has 0 aliphatic rings. The molecule has 0 aliphatic heterocycles. The standard InChI is InChI=1S/C11H15BrFNO/c1-7-4-8(12)9(13)5-10(7)14-6-11(2,3)15/h4-5,14-15H,6H2,1-3H3. The molecule has 1 aromatic carbocycles. The van der Waals surface area contributed by atoms with Gasteiger partial charge in [0.2, 0.25) is 0 Å². The average molecular weight is 276 g/mol. The van der Waals surface area contributed by atoms with Crippen LogP contribution in [-0.2, 0) is 0 Å². The quantitative estimate of drug-likeness (QED) is 0.889. The predicted molar refractivity (Wildman–Crippen MR) is 63.6 cm³/mol. The van der Waals surface area contributed by atoms with Gasteiger partial charge in [-0.3, -0.25) is 0 Å². The lowest BCUT2D eigenvalue weighted by Gasteiger charge is -2.19. The van der Waals surface area contributed by atoms with Crippen LogP contribution in [0.4, 0.5) is 10.1 Å². The first-order valence-electron chi connectivity index (χ1n) is 4.71. The Kier molecular flexibility index (Phi) is 3.73. The minimum absolute atomic E-state index is 0.307. The van der Waals surface area contributed by atoms with Gasteiger partial charge in [-0.25, -0.2) is 4.39 Å². The second kappa shape index (κ2) is 4.49. The summed E-state index contributed by atoms with van der Waals surface area (Å²) in [6.07, 6.45) is 0. The van der Waals surface area contributed by atoms with Gasteiger partial charge in [0, 0.05) is 12.2 Å². The molecular formula is C11H15BrFNO. The van der Waals surface area contributed by atoms with Crippen LogP contribution in [0.25, 0.3) is 0 Å². The maximum absolute atomic E-state index is 13.2. The summed E-state index contributed by atoms with van der Waals surface area (Å²) in [6.45, 7) is 5.67. The summed E-state index contributed by atoms with van der Waals surface area (Å²) in [5.41, 5.74) is 0.834. The SMILES string of the molecule is Cc1cc(Br)c(F)cc1NCC(C)(C)O. The molecule has 0 heterocycles. The van der Waals surface area contributed by atoms with Gasteiger partial charge in [-0.2, -0.15) is 0 Å². The van der Waals surface area contributed by atoms with E-state index in [1.807, 2.05) is 6.92 Å². The van der Waals surface area contributed by atoms with E-state index in [-0.39, 0.29) is 5.82 Å². The Balaban J connectivity index is 2.82. The predicted octanol–water partition coefficient (Wildman–Crippen LogP) is 3.08. The normalized spacial score (nSPS) is 11.6. The minimum atomic E-state index is -0.810. The van der Waals surface area contributed by atoms with Crippen LogP contribution in [0.5, 0.6) is 0 Å². The third kappa shape index (κ3) is 3.80. The molecule has 15 heavy (non-hydrogen) atoms. The molecule has 2 nitrogen and oxygen atoms in total. The van der Waals surface area contributed by atoms with E-state index in [1.54, 1.807) is 19.9 Å². The maximum atomic E-state index is 13.2. The Morgan fingerprint density at radius 1 is 1.47 bits per heavy atom. The van der Waals surface area contributed by atoms with E-state index in [2.05, 4.69) is 21.2 Å². The number of aryl methyl sites for hydroxylation is 1. The number of rotatable bonds is 3. The smallest absolute Gasteiger partial charge is 0.139 e. The van der Waals surface area contributed by atoms with Crippen molar-refractivity contribution in [3.8, 4) is 0 Å². The van der Waals surface area contributed by atoms with Crippen molar-refractivity contribution in [2.75, 3.05) is 11.9 Å². The molecule has 0 fully saturated rings. The number of benzene rings is 1. The van der Waals surface area contributed by atoms with E-state index in [9.17, 15) is 9.50 Å². The monoisotopic (exact) mass is 275 g/mol. The van der Waals surface area contributed by atoms with Crippen molar-refractivity contribution >= 4 is 21.6 Å². The zero-order chi connectivity index (χ0) is 11.6. The van der Waals surface area contributed by atoms with E-state index >= 15 is 0 Å². The third-order valence-electron chi connectivity index (χ3n) is 1.98. The fourth-order valence-electron chi connectivity index (χ4n) is 1.15. The summed E-state index contributed by atoms with van der Waals surface area (Å²) in [5, 5.41) is 12.5. The summed E-state index contributed by atoms with van der Waals surface area (Å²) in [5.74, 6) is -0.307. The van der Waals surface area contributed by atoms with Crippen molar-refractivity contribution < 1.29 is 9.50 Å². The van der Waals surface area contributed by atoms with E-state index in [0.717, 1.165) is 5.56 Å². The molecule has 0 bridgehead atoms. The number of aliphatic hydroxyl groups is 1. The first-order chi connectivity index (χ1) is 6.79. The average Bonchev–Trinajstić information content (AvgIpc) is 2.07. The Morgan fingerprint density at radius 2 is 2.07 bits per heavy atom. The van der Waals surface area contributed by atoms with Crippen LogP contribution in [0.3, 0.4) is 0 Å². The van der Waals surface area contributed by atoms with Crippen molar-refractivity contribution in [3.05, 3.63) is 28.0 Å². The fraction of sp³-hybridized carbons (Fsp3) is 0.455. The van der Waals surface area contributed by atoms with Gasteiger partial charge in [-0.05, 0) is 54.4 Å². The van der Waals surface area contributed by atoms with Crippen LogP contribution in [0.15, 0.2) is 16.6 Å². The molecular weight excluding hydrogens is 261 g/mol. The molecule has 0 amide bonds. The van der Waals surface area contributed by atoms with Crippen molar-refractivity contribution in [3.63, 3.8) is 0 Å². The number of hydrogen-bond acceptors (Lipinski definition) is 2. The summed E-state index contributed by atoms with van der Waals surface area (Å²) in [4.78, 5) is 0. The maximum Gasteiger partial charge on any atom is 0.139 e. The van der Waals surface area contributed by atoms with Crippen molar-refractivity contribution in [2.45, 2.75) is 26.4 Å². The van der Waals surface area contributed by atoms with E-state index < -0.39 is 5.60 Å². The molecule has 0 unspecified atom stereocenters. The second-order valence-corrected chi connectivity index (χ2v) is 5.10. The fourth-order valence-corrected chi connectivity index (χ4v) is 1.61. The first-order valence-corrected chi connectivity index (χ1v) is 5.51. The molecule has 1 aromatic rings. The minimum Gasteiger partial charge on any atom is -0.389 e. The van der Waals surface area contributed by atoms with Crippen LogP contribution >= 0.6 is 15.9 Å². The number of anilines is 1. The lowest BCUT2D eigenvalue weighted by Crippen LogP contribution is -2.29. The summed E-state index contributed by atoms with van der Waals surface area (Å²) >= 11 is 3.12. The Bertz CT molecular complexity index is 360. The van der Waals surface area contributed by atoms with Crippen LogP contribution in [-0.4, -0.2) is 17.3 Å². The van der Waals surface area contributed by atoms with Gasteiger partial charge < -0.3 is 10.4 Å². The zero-order valence-electron chi connectivity index (χ0n) is 9.06. The third-order valence-corrected chi connectivity index (χ3v) is 2.59. The molecule has 4 heteroatoms. The molecule has 84 valence electrons. The zero-order valence-corrected chi connectivity index (χ0v) is 10.7. The lowest BCUT2D eigenvalue weighted by atomic mass is 10.1. The molecule has 0 atom stereocenters. The second-order valence-electron chi connectivity index (χ2n) is 4.25. The first kappa shape index (κ1) is 12.5. The molecule has 0 aliphatic carbocycles. The van der Waals surface area contributed by atoms with Gasteiger partial charge in [0.05, 0.1) is 10.1 Å². The summed E-state index contributed by atoms with van der Waals surface area (Å²) in [6, 6.07) is 3.13. The van der Waals surface area contributed by atoms with Crippen LogP contribution in [0.1, 0.15) is 19.4 Å². The molecule has 0 aromatic heterocycles. The van der Waals surface area contributed by atoms with Crippen molar-refractivity contribution in [2.24, 2.45) is 0 Å². The van der Waals surface area contributed by atoms with E-state index in [4.69, 9.17) is 0 Å².